The lowest BCUT2D eigenvalue weighted by molar-refractivity contribution is 0.109. The maximum atomic E-state index is 12.0. The molecule has 1 aliphatic heterocycles. The highest BCUT2D eigenvalue weighted by molar-refractivity contribution is 5.79. The third-order valence-corrected chi connectivity index (χ3v) is 3.92. The Hall–Kier alpha value is -1.90. The first-order chi connectivity index (χ1) is 10.2. The molecule has 3 rings (SSSR count). The fraction of sp³-hybridized carbons (Fsp3) is 0.538. The molecule has 0 saturated carbocycles. The van der Waals surface area contributed by atoms with Crippen LogP contribution in [0.4, 0.5) is 5.95 Å². The number of nitrogens with two attached hydrogens (primary N) is 1. The number of hydrogen-bond acceptors (Lipinski definition) is 6. The van der Waals surface area contributed by atoms with Crippen molar-refractivity contribution in [3.05, 3.63) is 22.1 Å². The summed E-state index contributed by atoms with van der Waals surface area (Å²) in [6, 6.07) is 0. The molecular formula is C13H20N6O2. The number of nitrogen functional groups attached to an aromatic ring is 1. The number of aromatic nitrogens is 3. The number of aromatic amines is 2. The van der Waals surface area contributed by atoms with Gasteiger partial charge in [-0.25, -0.2) is 0 Å². The summed E-state index contributed by atoms with van der Waals surface area (Å²) in [6.45, 7) is 5.35. The molecule has 8 nitrogen and oxygen atoms in total. The smallest absolute Gasteiger partial charge is 0.262 e. The van der Waals surface area contributed by atoms with Gasteiger partial charge in [0.25, 0.3) is 5.56 Å². The van der Waals surface area contributed by atoms with E-state index >= 15 is 0 Å². The van der Waals surface area contributed by atoms with Gasteiger partial charge in [0, 0.05) is 45.5 Å². The summed E-state index contributed by atoms with van der Waals surface area (Å²) in [5, 5.41) is 9.53. The van der Waals surface area contributed by atoms with Crippen molar-refractivity contribution in [3.8, 4) is 0 Å². The van der Waals surface area contributed by atoms with Crippen LogP contribution in [-0.2, 0) is 6.54 Å². The van der Waals surface area contributed by atoms with Gasteiger partial charge in [-0.3, -0.25) is 19.6 Å². The number of aliphatic hydroxyl groups excluding tert-OH is 1. The van der Waals surface area contributed by atoms with Crippen LogP contribution in [0.5, 0.6) is 0 Å². The van der Waals surface area contributed by atoms with Gasteiger partial charge in [0.15, 0.2) is 0 Å². The molecule has 0 atom stereocenters. The molecule has 0 aliphatic carbocycles. The molecule has 0 aromatic carbocycles. The Labute approximate surface area is 121 Å². The Bertz CT molecular complexity index is 671. The molecule has 5 N–H and O–H groups in total. The quantitative estimate of drug-likeness (QED) is 0.571. The summed E-state index contributed by atoms with van der Waals surface area (Å²) in [6.07, 6.45) is 1.83. The third kappa shape index (κ3) is 2.92. The minimum absolute atomic E-state index is 0.124. The summed E-state index contributed by atoms with van der Waals surface area (Å²) < 4.78 is 0. The van der Waals surface area contributed by atoms with Gasteiger partial charge >= 0.3 is 0 Å². The van der Waals surface area contributed by atoms with E-state index in [-0.39, 0.29) is 18.1 Å². The normalized spacial score (nSPS) is 17.6. The van der Waals surface area contributed by atoms with E-state index in [1.54, 1.807) is 0 Å². The lowest BCUT2D eigenvalue weighted by Crippen LogP contribution is -2.46. The Morgan fingerprint density at radius 3 is 2.71 bits per heavy atom. The standard InChI is InChI=1S/C13H20N6O2/c14-13-16-11-10(12(21)17-13)9(7-15-11)8-19-3-1-18(2-4-19)5-6-20/h7,20H,1-6,8H2,(H4,14,15,16,17,21). The lowest BCUT2D eigenvalue weighted by Gasteiger charge is -2.34. The second kappa shape index (κ2) is 5.84. The van der Waals surface area contributed by atoms with E-state index < -0.39 is 0 Å². The number of β-amino-alcohol motifs (C(OH)–C–C–N with tert-alkyl or cyclic N) is 1. The third-order valence-electron chi connectivity index (χ3n) is 3.92. The van der Waals surface area contributed by atoms with Crippen LogP contribution in [0.15, 0.2) is 11.0 Å². The monoisotopic (exact) mass is 292 g/mol. The second-order valence-corrected chi connectivity index (χ2v) is 5.33. The number of rotatable bonds is 4. The van der Waals surface area contributed by atoms with E-state index in [0.717, 1.165) is 38.3 Å². The van der Waals surface area contributed by atoms with E-state index in [2.05, 4.69) is 24.8 Å². The first-order valence-corrected chi connectivity index (χ1v) is 7.08. The number of piperazine rings is 1. The number of fused-ring (bicyclic) bond motifs is 1. The number of aliphatic hydroxyl groups is 1. The second-order valence-electron chi connectivity index (χ2n) is 5.33. The van der Waals surface area contributed by atoms with Crippen LogP contribution in [0.25, 0.3) is 11.0 Å². The van der Waals surface area contributed by atoms with Crippen LogP contribution in [0, 0.1) is 0 Å². The molecule has 0 amide bonds. The van der Waals surface area contributed by atoms with Crippen LogP contribution in [0.1, 0.15) is 5.56 Å². The van der Waals surface area contributed by atoms with Crippen LogP contribution >= 0.6 is 0 Å². The summed E-state index contributed by atoms with van der Waals surface area (Å²) in [7, 11) is 0. The van der Waals surface area contributed by atoms with Crippen LogP contribution in [-0.4, -0.2) is 69.2 Å². The molecule has 0 radical (unpaired) electrons. The minimum atomic E-state index is -0.201. The Kier molecular flexibility index (Phi) is 3.91. The number of anilines is 1. The van der Waals surface area contributed by atoms with Crippen molar-refractivity contribution in [2.45, 2.75) is 6.54 Å². The van der Waals surface area contributed by atoms with Crippen molar-refractivity contribution >= 4 is 17.0 Å². The van der Waals surface area contributed by atoms with Crippen LogP contribution in [0.3, 0.4) is 0 Å². The van der Waals surface area contributed by atoms with Crippen LogP contribution in [0.2, 0.25) is 0 Å². The predicted molar refractivity (Wildman–Crippen MR) is 79.9 cm³/mol. The maximum Gasteiger partial charge on any atom is 0.262 e. The highest BCUT2D eigenvalue weighted by Crippen LogP contribution is 2.16. The summed E-state index contributed by atoms with van der Waals surface area (Å²) in [5.74, 6) is 0.124. The molecule has 2 aromatic rings. The van der Waals surface area contributed by atoms with E-state index in [1.165, 1.54) is 0 Å². The van der Waals surface area contributed by atoms with Crippen molar-refractivity contribution < 1.29 is 5.11 Å². The Balaban J connectivity index is 1.73. The zero-order valence-electron chi connectivity index (χ0n) is 11.8. The molecule has 114 valence electrons. The van der Waals surface area contributed by atoms with Crippen molar-refractivity contribution in [3.63, 3.8) is 0 Å². The lowest BCUT2D eigenvalue weighted by atomic mass is 10.2. The summed E-state index contributed by atoms with van der Waals surface area (Å²) in [4.78, 5) is 26.2. The van der Waals surface area contributed by atoms with Gasteiger partial charge in [-0.05, 0) is 5.56 Å². The van der Waals surface area contributed by atoms with Gasteiger partial charge in [-0.2, -0.15) is 4.98 Å². The van der Waals surface area contributed by atoms with Gasteiger partial charge in [-0.1, -0.05) is 0 Å². The molecule has 3 heterocycles. The number of hydrogen-bond donors (Lipinski definition) is 4. The zero-order chi connectivity index (χ0) is 14.8. The number of H-pyrrole nitrogens is 2. The van der Waals surface area contributed by atoms with Crippen LogP contribution < -0.4 is 11.3 Å². The first-order valence-electron chi connectivity index (χ1n) is 7.08. The summed E-state index contributed by atoms with van der Waals surface area (Å²) in [5.41, 5.74) is 6.81. The molecule has 21 heavy (non-hydrogen) atoms. The molecule has 8 heteroatoms. The number of nitrogens with zero attached hydrogens (tertiary/aromatic N) is 3. The highest BCUT2D eigenvalue weighted by atomic mass is 16.3. The van der Waals surface area contributed by atoms with Gasteiger partial charge in [0.1, 0.15) is 5.65 Å². The maximum absolute atomic E-state index is 12.0. The largest absolute Gasteiger partial charge is 0.395 e. The van der Waals surface area contributed by atoms with E-state index in [9.17, 15) is 4.79 Å². The fourth-order valence-electron chi connectivity index (χ4n) is 2.80. The predicted octanol–water partition coefficient (Wildman–Crippen LogP) is -1.06. The Morgan fingerprint density at radius 2 is 2.00 bits per heavy atom. The van der Waals surface area contributed by atoms with Gasteiger partial charge in [0.05, 0.1) is 12.0 Å². The minimum Gasteiger partial charge on any atom is -0.395 e. The highest BCUT2D eigenvalue weighted by Gasteiger charge is 2.18. The van der Waals surface area contributed by atoms with Crippen molar-refractivity contribution in [2.24, 2.45) is 0 Å². The molecular weight excluding hydrogens is 272 g/mol. The number of nitrogens with one attached hydrogen (secondary N) is 2. The molecule has 0 bridgehead atoms. The van der Waals surface area contributed by atoms with Crippen molar-refractivity contribution in [1.82, 2.24) is 24.8 Å². The molecule has 0 spiro atoms. The summed E-state index contributed by atoms with van der Waals surface area (Å²) >= 11 is 0. The van der Waals surface area contributed by atoms with E-state index in [0.29, 0.717) is 17.6 Å². The molecule has 2 aromatic heterocycles. The van der Waals surface area contributed by atoms with E-state index in [1.807, 2.05) is 6.20 Å². The molecule has 1 fully saturated rings. The SMILES string of the molecule is Nc1nc2[nH]cc(CN3CCN(CCO)CC3)c2c(=O)[nH]1. The van der Waals surface area contributed by atoms with Crippen molar-refractivity contribution in [2.75, 3.05) is 45.1 Å². The fourth-order valence-corrected chi connectivity index (χ4v) is 2.80. The van der Waals surface area contributed by atoms with Gasteiger partial charge in [-0.15, -0.1) is 0 Å². The average molecular weight is 292 g/mol. The van der Waals surface area contributed by atoms with E-state index in [4.69, 9.17) is 10.8 Å². The van der Waals surface area contributed by atoms with Gasteiger partial charge in [0.2, 0.25) is 5.95 Å². The first kappa shape index (κ1) is 14.1. The molecule has 1 aliphatic rings. The average Bonchev–Trinajstić information content (AvgIpc) is 2.84. The Morgan fingerprint density at radius 1 is 1.29 bits per heavy atom. The molecule has 0 unspecified atom stereocenters. The zero-order valence-corrected chi connectivity index (χ0v) is 11.8. The molecule has 1 saturated heterocycles. The van der Waals surface area contributed by atoms with Crippen molar-refractivity contribution in [1.29, 1.82) is 0 Å². The topological polar surface area (TPSA) is 114 Å². The van der Waals surface area contributed by atoms with Gasteiger partial charge < -0.3 is 15.8 Å².